The van der Waals surface area contributed by atoms with Crippen molar-refractivity contribution in [1.82, 2.24) is 0 Å². The molecule has 0 spiro atoms. The van der Waals surface area contributed by atoms with Gasteiger partial charge in [-0.1, -0.05) is 20.1 Å². The Bertz CT molecular complexity index is 1340. The van der Waals surface area contributed by atoms with Gasteiger partial charge in [0.05, 0.1) is 73.8 Å². The molecule has 13 heteroatoms. The molecule has 0 aromatic heterocycles. The summed E-state index contributed by atoms with van der Waals surface area (Å²) in [5, 5.41) is 42.6. The van der Waals surface area contributed by atoms with Crippen LogP contribution >= 0.6 is 0 Å². The van der Waals surface area contributed by atoms with E-state index >= 15 is 0 Å². The quantitative estimate of drug-likeness (QED) is 0.308. The van der Waals surface area contributed by atoms with Gasteiger partial charge >= 0.3 is 0 Å². The predicted octanol–water partition coefficient (Wildman–Crippen LogP) is 2.27. The maximum Gasteiger partial charge on any atom is 0.135 e. The second kappa shape index (κ2) is 16.9. The van der Waals surface area contributed by atoms with Gasteiger partial charge in [-0.3, -0.25) is 9.59 Å². The van der Waals surface area contributed by atoms with Crippen LogP contribution in [0, 0.1) is 11.8 Å². The van der Waals surface area contributed by atoms with Crippen LogP contribution in [0.4, 0.5) is 0 Å². The van der Waals surface area contributed by atoms with Crippen LogP contribution in [0.15, 0.2) is 24.3 Å². The Morgan fingerprint density at radius 1 is 0.736 bits per heavy atom. The standard InChI is InChI=1S/C40H60O13/c1-19-11-26-7-9-29-20(2)12-25(48-29)6-5-22(42)15-33-35(45)39-40(53-33)36(46)38-30(52-39)10-8-27(50-38)13-23(43)14-28-32(17-31(49-26)21(19)3)51-34(37(28)47-4)16-24(44)18-41/h19,24-41,44-46H,2-3,5-18H2,1,4H3/t19?,24?,25?,26?,27?,28?,29?,30?,31?,32-,33?,34+,35?,36?,37+,38-,39-,40?/m0/s1. The highest BCUT2D eigenvalue weighted by Gasteiger charge is 2.57. The summed E-state index contributed by atoms with van der Waals surface area (Å²) in [6.45, 7) is 10.4. The van der Waals surface area contributed by atoms with Crippen molar-refractivity contribution in [2.75, 3.05) is 13.7 Å². The number of Topliss-reactive ketones (excluding diaryl/α,β-unsaturated/α-hetero) is 2. The second-order valence-corrected chi connectivity index (χ2v) is 16.8. The first-order valence-corrected chi connectivity index (χ1v) is 19.9. The minimum Gasteiger partial charge on any atom is -0.394 e. The molecule has 13 nitrogen and oxygen atoms in total. The van der Waals surface area contributed by atoms with Gasteiger partial charge in [0.2, 0.25) is 0 Å². The topological polar surface area (TPSA) is 180 Å². The molecule has 0 aliphatic carbocycles. The highest BCUT2D eigenvalue weighted by atomic mass is 16.6. The van der Waals surface area contributed by atoms with Gasteiger partial charge in [0.15, 0.2) is 0 Å². The molecule has 7 rings (SSSR count). The Kier molecular flexibility index (Phi) is 12.6. The minimum atomic E-state index is -1.10. The molecule has 0 aromatic rings. The van der Waals surface area contributed by atoms with Gasteiger partial charge in [-0.25, -0.2) is 0 Å². The first-order chi connectivity index (χ1) is 25.4. The number of fused-ring (bicyclic) bond motifs is 7. The summed E-state index contributed by atoms with van der Waals surface area (Å²) >= 11 is 0. The molecule has 8 bridgehead atoms. The summed E-state index contributed by atoms with van der Waals surface area (Å²) < 4.78 is 44.3. The molecule has 0 radical (unpaired) electrons. The third-order valence-electron chi connectivity index (χ3n) is 13.1. The summed E-state index contributed by atoms with van der Waals surface area (Å²) in [5.41, 5.74) is 2.00. The van der Waals surface area contributed by atoms with E-state index in [1.807, 2.05) is 0 Å². The fourth-order valence-corrected chi connectivity index (χ4v) is 10.1. The van der Waals surface area contributed by atoms with Gasteiger partial charge in [-0.15, -0.1) is 0 Å². The van der Waals surface area contributed by atoms with Crippen LogP contribution in [0.3, 0.4) is 0 Å². The number of ether oxygens (including phenoxy) is 7. The van der Waals surface area contributed by atoms with Crippen molar-refractivity contribution in [1.29, 1.82) is 0 Å². The smallest absolute Gasteiger partial charge is 0.135 e. The molecule has 0 saturated carbocycles. The fourth-order valence-electron chi connectivity index (χ4n) is 10.1. The van der Waals surface area contributed by atoms with Crippen molar-refractivity contribution in [2.45, 2.75) is 188 Å². The zero-order valence-electron chi connectivity index (χ0n) is 31.2. The van der Waals surface area contributed by atoms with Crippen molar-refractivity contribution in [3.63, 3.8) is 0 Å². The number of aliphatic hydroxyl groups is 4. The minimum absolute atomic E-state index is 0.00643. The lowest BCUT2D eigenvalue weighted by Gasteiger charge is -2.46. The van der Waals surface area contributed by atoms with Gasteiger partial charge in [-0.2, -0.15) is 0 Å². The van der Waals surface area contributed by atoms with Gasteiger partial charge in [-0.05, 0) is 62.0 Å². The van der Waals surface area contributed by atoms with Crippen LogP contribution in [0.25, 0.3) is 0 Å². The number of rotatable bonds is 4. The molecule has 7 fully saturated rings. The van der Waals surface area contributed by atoms with Crippen LogP contribution in [0.5, 0.6) is 0 Å². The summed E-state index contributed by atoms with van der Waals surface area (Å²) in [6, 6.07) is 0. The first kappa shape index (κ1) is 39.6. The van der Waals surface area contributed by atoms with E-state index in [1.165, 1.54) is 0 Å². The van der Waals surface area contributed by atoms with Crippen LogP contribution < -0.4 is 0 Å². The van der Waals surface area contributed by atoms with Gasteiger partial charge < -0.3 is 53.6 Å². The Hall–Kier alpha value is -1.62. The van der Waals surface area contributed by atoms with Crippen molar-refractivity contribution in [2.24, 2.45) is 11.8 Å². The molecule has 0 aromatic carbocycles. The molecule has 7 heterocycles. The van der Waals surface area contributed by atoms with E-state index in [1.54, 1.807) is 7.11 Å². The fraction of sp³-hybridized carbons (Fsp3) is 0.850. The number of methoxy groups -OCH3 is 1. The lowest BCUT2D eigenvalue weighted by molar-refractivity contribution is -0.259. The highest BCUT2D eigenvalue weighted by Crippen LogP contribution is 2.43. The number of hydrogen-bond acceptors (Lipinski definition) is 13. The monoisotopic (exact) mass is 748 g/mol. The van der Waals surface area contributed by atoms with E-state index in [0.29, 0.717) is 32.1 Å². The van der Waals surface area contributed by atoms with E-state index in [4.69, 9.17) is 33.2 Å². The van der Waals surface area contributed by atoms with Crippen LogP contribution in [-0.4, -0.2) is 143 Å². The highest BCUT2D eigenvalue weighted by molar-refractivity contribution is 5.79. The van der Waals surface area contributed by atoms with Crippen LogP contribution in [0.2, 0.25) is 0 Å². The molecule has 13 unspecified atom stereocenters. The molecular formula is C40H60O13. The maximum absolute atomic E-state index is 13.9. The number of hydrogen-bond donors (Lipinski definition) is 4. The average molecular weight is 749 g/mol. The normalized spacial score (nSPS) is 47.7. The number of aliphatic hydroxyl groups excluding tert-OH is 4. The van der Waals surface area contributed by atoms with E-state index in [9.17, 15) is 30.0 Å². The number of ketones is 2. The summed E-state index contributed by atoms with van der Waals surface area (Å²) in [7, 11) is 1.58. The zero-order chi connectivity index (χ0) is 37.6. The number of carbonyl (C=O) groups excluding carboxylic acids is 2. The van der Waals surface area contributed by atoms with E-state index in [0.717, 1.165) is 30.4 Å². The summed E-state index contributed by atoms with van der Waals surface area (Å²) in [5.74, 6) is -0.221. The second-order valence-electron chi connectivity index (χ2n) is 16.8. The van der Waals surface area contributed by atoms with E-state index < -0.39 is 79.9 Å². The SMILES string of the molecule is C=C1CC2CCC(=O)CC3OC4C(O)[C@H]5OC(CCC5O[C@H]4C3O)CC(=O)CC3[C@H](CC4OC(CCC1O2)CC(C)C4=C)O[C@H](CC(O)CO)[C@@H]3OC. The van der Waals surface area contributed by atoms with Crippen LogP contribution in [-0.2, 0) is 42.7 Å². The first-order valence-electron chi connectivity index (χ1n) is 19.9. The Balaban J connectivity index is 1.11. The molecule has 4 N–H and O–H groups in total. The molecule has 7 saturated heterocycles. The van der Waals surface area contributed by atoms with E-state index in [2.05, 4.69) is 20.1 Å². The number of carbonyl (C=O) groups is 2. The third kappa shape index (κ3) is 8.56. The van der Waals surface area contributed by atoms with Gasteiger partial charge in [0.25, 0.3) is 0 Å². The van der Waals surface area contributed by atoms with E-state index in [-0.39, 0.29) is 79.9 Å². The largest absolute Gasteiger partial charge is 0.394 e. The summed E-state index contributed by atoms with van der Waals surface area (Å²) in [4.78, 5) is 27.0. The third-order valence-corrected chi connectivity index (χ3v) is 13.1. The Morgan fingerprint density at radius 2 is 1.45 bits per heavy atom. The average Bonchev–Trinajstić information content (AvgIpc) is 3.76. The van der Waals surface area contributed by atoms with Gasteiger partial charge in [0, 0.05) is 51.6 Å². The molecule has 7 aliphatic rings. The summed E-state index contributed by atoms with van der Waals surface area (Å²) in [6.07, 6.45) is -3.55. The molecule has 7 aliphatic heterocycles. The Morgan fingerprint density at radius 3 is 2.23 bits per heavy atom. The maximum atomic E-state index is 13.9. The Labute approximate surface area is 312 Å². The van der Waals surface area contributed by atoms with Gasteiger partial charge in [0.1, 0.15) is 42.1 Å². The lowest BCUT2D eigenvalue weighted by atomic mass is 9.81. The molecule has 298 valence electrons. The lowest BCUT2D eigenvalue weighted by Crippen LogP contribution is -2.61. The molecule has 53 heavy (non-hydrogen) atoms. The van der Waals surface area contributed by atoms with Crippen molar-refractivity contribution in [3.05, 3.63) is 24.3 Å². The molecule has 18 atom stereocenters. The van der Waals surface area contributed by atoms with Crippen molar-refractivity contribution < 1.29 is 63.2 Å². The zero-order valence-corrected chi connectivity index (χ0v) is 31.2. The molecule has 0 amide bonds. The van der Waals surface area contributed by atoms with Crippen molar-refractivity contribution in [3.8, 4) is 0 Å². The van der Waals surface area contributed by atoms with Crippen LogP contribution in [0.1, 0.15) is 90.4 Å². The molecular weight excluding hydrogens is 688 g/mol. The van der Waals surface area contributed by atoms with Crippen molar-refractivity contribution >= 4 is 11.6 Å². The predicted molar refractivity (Wildman–Crippen MR) is 189 cm³/mol.